The Morgan fingerprint density at radius 3 is 2.43 bits per heavy atom. The van der Waals surface area contributed by atoms with Gasteiger partial charge in [0, 0.05) is 0 Å². The third-order valence-electron chi connectivity index (χ3n) is 1.72. The van der Waals surface area contributed by atoms with Crippen LogP contribution in [0.2, 0.25) is 0 Å². The summed E-state index contributed by atoms with van der Waals surface area (Å²) >= 11 is 1.46. The Bertz CT molecular complexity index is 429. The van der Waals surface area contributed by atoms with Gasteiger partial charge < -0.3 is 4.74 Å². The van der Waals surface area contributed by atoms with E-state index in [9.17, 15) is 0 Å². The van der Waals surface area contributed by atoms with E-state index in [4.69, 9.17) is 15.3 Å². The molecule has 0 spiro atoms. The van der Waals surface area contributed by atoms with Crippen LogP contribution in [-0.2, 0) is 4.74 Å². The van der Waals surface area contributed by atoms with Gasteiger partial charge >= 0.3 is 0 Å². The predicted octanol–water partition coefficient (Wildman–Crippen LogP) is 2.46. The Hall–Kier alpha value is -1.78. The van der Waals surface area contributed by atoms with Crippen LogP contribution < -0.4 is 0 Å². The van der Waals surface area contributed by atoms with Crippen molar-refractivity contribution in [3.05, 3.63) is 27.5 Å². The molecule has 70 valence electrons. The highest BCUT2D eigenvalue weighted by molar-refractivity contribution is 7.11. The smallest absolute Gasteiger partial charge is 0.172 e. The fourth-order valence-electron chi connectivity index (χ4n) is 1.04. The van der Waals surface area contributed by atoms with Crippen LogP contribution in [0.25, 0.3) is 5.76 Å². The number of aryl methyl sites for hydroxylation is 1. The normalized spacial score (nSPS) is 8.57. The number of allylic oxidation sites excluding steroid dienone is 1. The molecule has 0 amide bonds. The van der Waals surface area contributed by atoms with E-state index >= 15 is 0 Å². The Balaban J connectivity index is 3.33. The van der Waals surface area contributed by atoms with Crippen LogP contribution in [0.1, 0.15) is 10.4 Å². The summed E-state index contributed by atoms with van der Waals surface area (Å²) in [6, 6.07) is 5.56. The van der Waals surface area contributed by atoms with Gasteiger partial charge in [0.1, 0.15) is 12.1 Å². The zero-order valence-electron chi connectivity index (χ0n) is 7.87. The van der Waals surface area contributed by atoms with E-state index < -0.39 is 0 Å². The molecule has 1 aromatic heterocycles. The van der Waals surface area contributed by atoms with Crippen LogP contribution in [0.15, 0.2) is 17.0 Å². The lowest BCUT2D eigenvalue weighted by molar-refractivity contribution is 0.370. The van der Waals surface area contributed by atoms with Crippen LogP contribution in [0.4, 0.5) is 0 Å². The fourth-order valence-corrected chi connectivity index (χ4v) is 1.99. The van der Waals surface area contributed by atoms with E-state index in [1.54, 1.807) is 0 Å². The molecule has 0 saturated carbocycles. The monoisotopic (exact) mass is 204 g/mol. The molecule has 0 aliphatic carbocycles. The minimum absolute atomic E-state index is 0.0121. The summed E-state index contributed by atoms with van der Waals surface area (Å²) in [6.07, 6.45) is 0. The van der Waals surface area contributed by atoms with Gasteiger partial charge in [-0.15, -0.1) is 11.3 Å². The highest BCUT2D eigenvalue weighted by atomic mass is 32.1. The number of methoxy groups -OCH3 is 1. The molecule has 0 aromatic carbocycles. The maximum Gasteiger partial charge on any atom is 0.172 e. The van der Waals surface area contributed by atoms with Crippen molar-refractivity contribution in [3.63, 3.8) is 0 Å². The number of hydrogen-bond donors (Lipinski definition) is 0. The predicted molar refractivity (Wildman–Crippen MR) is 54.2 cm³/mol. The molecule has 1 aromatic rings. The molecule has 0 bridgehead atoms. The van der Waals surface area contributed by atoms with Gasteiger partial charge in [-0.2, -0.15) is 10.5 Å². The van der Waals surface area contributed by atoms with Crippen LogP contribution in [-0.4, -0.2) is 7.11 Å². The number of thiophene rings is 1. The second kappa shape index (κ2) is 4.45. The molecule has 0 N–H and O–H groups in total. The number of nitriles is 2. The number of hydrogen-bond acceptors (Lipinski definition) is 4. The average molecular weight is 204 g/mol. The largest absolute Gasteiger partial charge is 0.493 e. The zero-order chi connectivity index (χ0) is 10.6. The van der Waals surface area contributed by atoms with Gasteiger partial charge in [0.25, 0.3) is 0 Å². The van der Waals surface area contributed by atoms with Crippen molar-refractivity contribution >= 4 is 17.1 Å². The van der Waals surface area contributed by atoms with Crippen molar-refractivity contribution in [1.29, 1.82) is 10.5 Å². The van der Waals surface area contributed by atoms with E-state index in [0.717, 1.165) is 10.4 Å². The first-order chi connectivity index (χ1) is 6.74. The molecular formula is C10H8N2OS. The number of nitrogens with zero attached hydrogens (tertiary/aromatic N) is 2. The van der Waals surface area contributed by atoms with Gasteiger partial charge in [-0.05, 0) is 23.9 Å². The maximum atomic E-state index is 8.71. The SMILES string of the molecule is COC(=C(C#N)C#N)c1sccc1C. The third-order valence-corrected chi connectivity index (χ3v) is 2.74. The Morgan fingerprint density at radius 1 is 1.43 bits per heavy atom. The van der Waals surface area contributed by atoms with Crippen LogP contribution in [0, 0.1) is 29.6 Å². The highest BCUT2D eigenvalue weighted by Crippen LogP contribution is 2.27. The molecule has 1 heterocycles. The second-order valence-electron chi connectivity index (χ2n) is 2.56. The summed E-state index contributed by atoms with van der Waals surface area (Å²) in [5.74, 6) is 0.363. The summed E-state index contributed by atoms with van der Waals surface area (Å²) < 4.78 is 5.06. The maximum absolute atomic E-state index is 8.71. The van der Waals surface area contributed by atoms with Crippen LogP contribution in [0.5, 0.6) is 0 Å². The summed E-state index contributed by atoms with van der Waals surface area (Å²) in [4.78, 5) is 0.839. The summed E-state index contributed by atoms with van der Waals surface area (Å²) in [7, 11) is 1.46. The van der Waals surface area contributed by atoms with Crippen molar-refractivity contribution in [2.24, 2.45) is 0 Å². The van der Waals surface area contributed by atoms with Gasteiger partial charge in [-0.3, -0.25) is 0 Å². The molecule has 4 heteroatoms. The first kappa shape index (κ1) is 10.3. The summed E-state index contributed by atoms with van der Waals surface area (Å²) in [5.41, 5.74) is 1.02. The first-order valence-corrected chi connectivity index (χ1v) is 4.75. The van der Waals surface area contributed by atoms with Crippen molar-refractivity contribution in [3.8, 4) is 12.1 Å². The molecule has 14 heavy (non-hydrogen) atoms. The van der Waals surface area contributed by atoms with Gasteiger partial charge in [-0.25, -0.2) is 0 Å². The molecular weight excluding hydrogens is 196 g/mol. The molecule has 0 aliphatic heterocycles. The standard InChI is InChI=1S/C10H8N2OS/c1-7-3-4-14-10(7)9(13-2)8(5-11)6-12/h3-4H,1-2H3. The Morgan fingerprint density at radius 2 is 2.07 bits per heavy atom. The van der Waals surface area contributed by atoms with Crippen LogP contribution >= 0.6 is 11.3 Å². The molecule has 0 saturated heterocycles. The highest BCUT2D eigenvalue weighted by Gasteiger charge is 2.12. The lowest BCUT2D eigenvalue weighted by Crippen LogP contribution is -1.90. The Labute approximate surface area is 86.5 Å². The minimum Gasteiger partial charge on any atom is -0.493 e. The van der Waals surface area contributed by atoms with E-state index in [0.29, 0.717) is 5.76 Å². The molecule has 3 nitrogen and oxygen atoms in total. The van der Waals surface area contributed by atoms with Gasteiger partial charge in [0.2, 0.25) is 0 Å². The van der Waals surface area contributed by atoms with E-state index in [1.807, 2.05) is 30.5 Å². The summed E-state index contributed by atoms with van der Waals surface area (Å²) in [5, 5.41) is 19.3. The van der Waals surface area contributed by atoms with E-state index in [-0.39, 0.29) is 5.57 Å². The zero-order valence-corrected chi connectivity index (χ0v) is 8.68. The molecule has 0 aliphatic rings. The number of rotatable bonds is 2. The first-order valence-electron chi connectivity index (χ1n) is 3.87. The Kier molecular flexibility index (Phi) is 3.28. The van der Waals surface area contributed by atoms with Crippen molar-refractivity contribution in [2.75, 3.05) is 7.11 Å². The molecule has 0 fully saturated rings. The van der Waals surface area contributed by atoms with Gasteiger partial charge in [-0.1, -0.05) is 0 Å². The topological polar surface area (TPSA) is 56.8 Å². The molecule has 0 radical (unpaired) electrons. The van der Waals surface area contributed by atoms with Gasteiger partial charge in [0.15, 0.2) is 11.3 Å². The number of ether oxygens (including phenoxy) is 1. The van der Waals surface area contributed by atoms with Crippen molar-refractivity contribution in [2.45, 2.75) is 6.92 Å². The van der Waals surface area contributed by atoms with Crippen molar-refractivity contribution < 1.29 is 4.74 Å². The molecule has 1 rings (SSSR count). The van der Waals surface area contributed by atoms with Gasteiger partial charge in [0.05, 0.1) is 12.0 Å². The minimum atomic E-state index is 0.0121. The molecule has 0 atom stereocenters. The third kappa shape index (κ3) is 1.76. The molecule has 0 unspecified atom stereocenters. The average Bonchev–Trinajstić information content (AvgIpc) is 2.61. The lowest BCUT2D eigenvalue weighted by atomic mass is 10.2. The second-order valence-corrected chi connectivity index (χ2v) is 3.48. The van der Waals surface area contributed by atoms with E-state index in [1.165, 1.54) is 18.4 Å². The van der Waals surface area contributed by atoms with E-state index in [2.05, 4.69) is 0 Å². The van der Waals surface area contributed by atoms with Crippen LogP contribution in [0.3, 0.4) is 0 Å². The van der Waals surface area contributed by atoms with Crippen molar-refractivity contribution in [1.82, 2.24) is 0 Å². The quantitative estimate of drug-likeness (QED) is 0.549. The lowest BCUT2D eigenvalue weighted by Gasteiger charge is -2.04. The fraction of sp³-hybridized carbons (Fsp3) is 0.200. The summed E-state index contributed by atoms with van der Waals surface area (Å²) in [6.45, 7) is 1.91.